The normalized spacial score (nSPS) is 21.6. The summed E-state index contributed by atoms with van der Waals surface area (Å²) in [5, 5.41) is 3.46. The molecule has 0 spiro atoms. The highest BCUT2D eigenvalue weighted by atomic mass is 14.9. The van der Waals surface area contributed by atoms with Crippen molar-refractivity contribution in [2.75, 3.05) is 7.05 Å². The summed E-state index contributed by atoms with van der Waals surface area (Å²) in [5.41, 5.74) is 4.08. The second kappa shape index (κ2) is 6.69. The second-order valence-electron chi connectivity index (χ2n) is 5.25. The number of likely N-dealkylation sites (N-methyl/N-ethyl adjacent to an activating group) is 1. The van der Waals surface area contributed by atoms with Gasteiger partial charge in [0, 0.05) is 12.4 Å². The fourth-order valence-electron chi connectivity index (χ4n) is 2.78. The Labute approximate surface area is 111 Å². The standard InChI is InChI=1S/C16H24N2/c1-13-10-15(12-18-11-13)16(17-2)14-8-6-4-3-5-7-9-14/h8,10-12,16-17H,3-7,9H2,1-2H3/b14-8+. The third kappa shape index (κ3) is 3.42. The maximum Gasteiger partial charge on any atom is 0.0549 e. The van der Waals surface area contributed by atoms with Crippen LogP contribution in [0.2, 0.25) is 0 Å². The lowest BCUT2D eigenvalue weighted by atomic mass is 9.91. The largest absolute Gasteiger partial charge is 0.310 e. The fraction of sp³-hybridized carbons (Fsp3) is 0.562. The first kappa shape index (κ1) is 13.3. The molecule has 0 saturated heterocycles. The van der Waals surface area contributed by atoms with Gasteiger partial charge in [-0.25, -0.2) is 0 Å². The van der Waals surface area contributed by atoms with Crippen LogP contribution in [0.25, 0.3) is 0 Å². The molecule has 1 N–H and O–H groups in total. The van der Waals surface area contributed by atoms with E-state index in [1.54, 1.807) is 5.57 Å². The van der Waals surface area contributed by atoms with Crippen LogP contribution in [0, 0.1) is 6.92 Å². The summed E-state index contributed by atoms with van der Waals surface area (Å²) in [6.07, 6.45) is 14.2. The van der Waals surface area contributed by atoms with Crippen LogP contribution < -0.4 is 5.32 Å². The molecule has 0 radical (unpaired) electrons. The Hall–Kier alpha value is -1.15. The van der Waals surface area contributed by atoms with E-state index in [1.807, 2.05) is 19.4 Å². The van der Waals surface area contributed by atoms with Gasteiger partial charge in [0.25, 0.3) is 0 Å². The average molecular weight is 244 g/mol. The number of rotatable bonds is 3. The zero-order valence-corrected chi connectivity index (χ0v) is 11.6. The van der Waals surface area contributed by atoms with Gasteiger partial charge in [-0.1, -0.05) is 30.6 Å². The van der Waals surface area contributed by atoms with Crippen molar-refractivity contribution in [2.24, 2.45) is 0 Å². The molecule has 1 aliphatic rings. The van der Waals surface area contributed by atoms with Gasteiger partial charge in [0.05, 0.1) is 6.04 Å². The predicted molar refractivity (Wildman–Crippen MR) is 76.6 cm³/mol. The van der Waals surface area contributed by atoms with Crippen LogP contribution in [0.4, 0.5) is 0 Å². The van der Waals surface area contributed by atoms with Crippen LogP contribution in [-0.2, 0) is 0 Å². The van der Waals surface area contributed by atoms with Crippen LogP contribution in [-0.4, -0.2) is 12.0 Å². The van der Waals surface area contributed by atoms with Crippen LogP contribution in [0.15, 0.2) is 30.1 Å². The second-order valence-corrected chi connectivity index (χ2v) is 5.25. The summed E-state index contributed by atoms with van der Waals surface area (Å²) >= 11 is 0. The van der Waals surface area contributed by atoms with Crippen LogP contribution in [0.1, 0.15) is 55.7 Å². The van der Waals surface area contributed by atoms with Gasteiger partial charge in [-0.3, -0.25) is 4.98 Å². The Kier molecular flexibility index (Phi) is 4.94. The molecule has 18 heavy (non-hydrogen) atoms. The van der Waals surface area contributed by atoms with Gasteiger partial charge in [-0.05, 0) is 50.8 Å². The predicted octanol–water partition coefficient (Wildman–Crippen LogP) is 3.93. The molecular formula is C16H24N2. The maximum atomic E-state index is 4.32. The van der Waals surface area contributed by atoms with Crippen LogP contribution in [0.5, 0.6) is 0 Å². The molecule has 1 aromatic heterocycles. The lowest BCUT2D eigenvalue weighted by Crippen LogP contribution is -2.19. The lowest BCUT2D eigenvalue weighted by Gasteiger charge is -2.22. The van der Waals surface area contributed by atoms with Crippen molar-refractivity contribution in [1.29, 1.82) is 0 Å². The number of hydrogen-bond acceptors (Lipinski definition) is 2. The Balaban J connectivity index is 2.21. The van der Waals surface area contributed by atoms with Crippen molar-refractivity contribution in [3.63, 3.8) is 0 Å². The minimum atomic E-state index is 0.343. The van der Waals surface area contributed by atoms with Crippen molar-refractivity contribution in [3.05, 3.63) is 41.2 Å². The SMILES string of the molecule is CNC(/C1=C/CCCCCC1)c1cncc(C)c1. The zero-order chi connectivity index (χ0) is 12.8. The molecule has 2 rings (SSSR count). The number of hydrogen-bond donors (Lipinski definition) is 1. The molecule has 1 unspecified atom stereocenters. The molecule has 98 valence electrons. The molecule has 1 heterocycles. The van der Waals surface area contributed by atoms with Crippen molar-refractivity contribution in [3.8, 4) is 0 Å². The van der Waals surface area contributed by atoms with E-state index in [4.69, 9.17) is 0 Å². The summed E-state index contributed by atoms with van der Waals surface area (Å²) in [5.74, 6) is 0. The summed E-state index contributed by atoms with van der Waals surface area (Å²) < 4.78 is 0. The molecule has 0 fully saturated rings. The van der Waals surface area contributed by atoms with Crippen LogP contribution in [0.3, 0.4) is 0 Å². The van der Waals surface area contributed by atoms with Crippen molar-refractivity contribution in [1.82, 2.24) is 10.3 Å². The zero-order valence-electron chi connectivity index (χ0n) is 11.6. The highest BCUT2D eigenvalue weighted by Gasteiger charge is 2.15. The van der Waals surface area contributed by atoms with E-state index in [-0.39, 0.29) is 0 Å². The third-order valence-electron chi connectivity index (χ3n) is 3.72. The molecule has 0 saturated carbocycles. The van der Waals surface area contributed by atoms with Gasteiger partial charge >= 0.3 is 0 Å². The van der Waals surface area contributed by atoms with Gasteiger partial charge in [-0.15, -0.1) is 0 Å². The highest BCUT2D eigenvalue weighted by Crippen LogP contribution is 2.28. The van der Waals surface area contributed by atoms with Crippen molar-refractivity contribution >= 4 is 0 Å². The van der Waals surface area contributed by atoms with E-state index in [0.29, 0.717) is 6.04 Å². The first-order valence-electron chi connectivity index (χ1n) is 7.09. The van der Waals surface area contributed by atoms with Gasteiger partial charge in [-0.2, -0.15) is 0 Å². The summed E-state index contributed by atoms with van der Waals surface area (Å²) in [4.78, 5) is 4.32. The Bertz CT molecular complexity index is 409. The lowest BCUT2D eigenvalue weighted by molar-refractivity contribution is 0.573. The Morgan fingerprint density at radius 2 is 2.00 bits per heavy atom. The number of pyridine rings is 1. The maximum absolute atomic E-state index is 4.32. The molecule has 0 aromatic carbocycles. The van der Waals surface area contributed by atoms with Crippen molar-refractivity contribution < 1.29 is 0 Å². The molecule has 1 aromatic rings. The third-order valence-corrected chi connectivity index (χ3v) is 3.72. The number of nitrogens with zero attached hydrogens (tertiary/aromatic N) is 1. The molecule has 0 aliphatic heterocycles. The number of nitrogens with one attached hydrogen (secondary N) is 1. The fourth-order valence-corrected chi connectivity index (χ4v) is 2.78. The van der Waals surface area contributed by atoms with Gasteiger partial charge in [0.15, 0.2) is 0 Å². The first-order chi connectivity index (χ1) is 8.81. The quantitative estimate of drug-likeness (QED) is 0.815. The van der Waals surface area contributed by atoms with E-state index in [1.165, 1.54) is 49.7 Å². The molecule has 0 amide bonds. The molecule has 2 heteroatoms. The van der Waals surface area contributed by atoms with E-state index < -0.39 is 0 Å². The molecular weight excluding hydrogens is 220 g/mol. The first-order valence-corrected chi connectivity index (χ1v) is 7.09. The molecule has 1 aliphatic carbocycles. The van der Waals surface area contributed by atoms with Crippen LogP contribution >= 0.6 is 0 Å². The van der Waals surface area contributed by atoms with Gasteiger partial charge < -0.3 is 5.32 Å². The Morgan fingerprint density at radius 1 is 1.17 bits per heavy atom. The number of aryl methyl sites for hydroxylation is 1. The average Bonchev–Trinajstić information content (AvgIpc) is 2.32. The topological polar surface area (TPSA) is 24.9 Å². The highest BCUT2D eigenvalue weighted by molar-refractivity contribution is 5.28. The minimum absolute atomic E-state index is 0.343. The van der Waals surface area contributed by atoms with E-state index in [2.05, 4.69) is 29.4 Å². The van der Waals surface area contributed by atoms with Gasteiger partial charge in [0.2, 0.25) is 0 Å². The summed E-state index contributed by atoms with van der Waals surface area (Å²) in [6.45, 7) is 2.11. The summed E-state index contributed by atoms with van der Waals surface area (Å²) in [7, 11) is 2.05. The molecule has 1 atom stereocenters. The number of allylic oxidation sites excluding steroid dienone is 1. The van der Waals surface area contributed by atoms with E-state index >= 15 is 0 Å². The van der Waals surface area contributed by atoms with Gasteiger partial charge in [0.1, 0.15) is 0 Å². The van der Waals surface area contributed by atoms with Crippen molar-refractivity contribution in [2.45, 2.75) is 51.5 Å². The minimum Gasteiger partial charge on any atom is -0.310 e. The smallest absolute Gasteiger partial charge is 0.0549 e. The van der Waals surface area contributed by atoms with E-state index in [9.17, 15) is 0 Å². The monoisotopic (exact) mass is 244 g/mol. The Morgan fingerprint density at radius 3 is 2.78 bits per heavy atom. The molecule has 0 bridgehead atoms. The number of aromatic nitrogens is 1. The van der Waals surface area contributed by atoms with E-state index in [0.717, 1.165) is 0 Å². The molecule has 2 nitrogen and oxygen atoms in total. The summed E-state index contributed by atoms with van der Waals surface area (Å²) in [6, 6.07) is 2.59.